The molecule has 0 spiro atoms. The number of amides is 1. The van der Waals surface area contributed by atoms with Crippen molar-refractivity contribution >= 4 is 22.6 Å². The number of carbonyl (C=O) groups excluding carboxylic acids is 1. The molecule has 4 rings (SSSR count). The van der Waals surface area contributed by atoms with Crippen molar-refractivity contribution in [2.24, 2.45) is 0 Å². The fraction of sp³-hybridized carbons (Fsp3) is 0.286. The average molecular weight is 363 g/mol. The van der Waals surface area contributed by atoms with Gasteiger partial charge in [0.05, 0.1) is 18.2 Å². The van der Waals surface area contributed by atoms with Crippen molar-refractivity contribution in [3.63, 3.8) is 0 Å². The summed E-state index contributed by atoms with van der Waals surface area (Å²) < 4.78 is 7.17. The molecule has 6 heteroatoms. The lowest BCUT2D eigenvalue weighted by atomic mass is 10.1. The molecule has 1 amide bonds. The molecule has 1 saturated heterocycles. The number of ether oxygens (including phenoxy) is 1. The van der Waals surface area contributed by atoms with Gasteiger partial charge in [0.1, 0.15) is 11.4 Å². The Balaban J connectivity index is 1.61. The minimum atomic E-state index is -0.443. The van der Waals surface area contributed by atoms with Crippen LogP contribution in [-0.4, -0.2) is 28.2 Å². The maximum absolute atomic E-state index is 12.8. The Bertz CT molecular complexity index is 1050. The highest BCUT2D eigenvalue weighted by molar-refractivity contribution is 6.04. The van der Waals surface area contributed by atoms with Crippen molar-refractivity contribution in [1.82, 2.24) is 9.55 Å². The minimum absolute atomic E-state index is 0.0310. The van der Waals surface area contributed by atoms with Crippen LogP contribution in [0.4, 0.5) is 5.82 Å². The van der Waals surface area contributed by atoms with Crippen LogP contribution in [0, 0.1) is 6.92 Å². The first-order valence-corrected chi connectivity index (χ1v) is 9.10. The molecule has 0 saturated carbocycles. The summed E-state index contributed by atoms with van der Waals surface area (Å²) in [5.41, 5.74) is 1.27. The number of hydrogen-bond acceptors (Lipinski definition) is 4. The minimum Gasteiger partial charge on any atom is -0.376 e. The number of carbonyl (C=O) groups is 1. The molecule has 6 nitrogen and oxygen atoms in total. The monoisotopic (exact) mass is 363 g/mol. The molecule has 0 aliphatic carbocycles. The van der Waals surface area contributed by atoms with E-state index in [0.717, 1.165) is 30.4 Å². The quantitative estimate of drug-likeness (QED) is 0.773. The lowest BCUT2D eigenvalue weighted by Gasteiger charge is -2.14. The summed E-state index contributed by atoms with van der Waals surface area (Å²) in [6, 6.07) is 13.1. The number of para-hydroxylation sites is 1. The number of nitrogens with zero attached hydrogens (tertiary/aromatic N) is 2. The van der Waals surface area contributed by atoms with Crippen molar-refractivity contribution < 1.29 is 9.53 Å². The van der Waals surface area contributed by atoms with Gasteiger partial charge in [-0.05, 0) is 49.6 Å². The molecule has 3 aromatic rings. The van der Waals surface area contributed by atoms with Gasteiger partial charge in [-0.15, -0.1) is 0 Å². The van der Waals surface area contributed by atoms with Crippen LogP contribution in [0.25, 0.3) is 10.9 Å². The number of nitrogens with one attached hydrogen (secondary N) is 1. The molecule has 1 aliphatic rings. The molecule has 1 atom stereocenters. The van der Waals surface area contributed by atoms with Crippen molar-refractivity contribution in [3.05, 3.63) is 70.1 Å². The normalized spacial score (nSPS) is 16.6. The van der Waals surface area contributed by atoms with E-state index in [4.69, 9.17) is 4.74 Å². The van der Waals surface area contributed by atoms with E-state index >= 15 is 0 Å². The van der Waals surface area contributed by atoms with Crippen molar-refractivity contribution in [1.29, 1.82) is 0 Å². The maximum atomic E-state index is 12.8. The molecule has 1 fully saturated rings. The van der Waals surface area contributed by atoms with E-state index < -0.39 is 5.91 Å². The molecule has 1 aliphatic heterocycles. The molecule has 0 radical (unpaired) electrons. The Kier molecular flexibility index (Phi) is 4.73. The average Bonchev–Trinajstić information content (AvgIpc) is 3.17. The molecular formula is C21H21N3O3. The standard InChI is InChI=1S/C21H21N3O3/c1-14-10-11-24(13-16-6-4-12-27-16)21(26)19(14)20(25)23-18-9-8-15-5-2-3-7-17(15)22-18/h2-3,5,7-11,16H,4,6,12-13H2,1H3,(H,22,23,25). The van der Waals surface area contributed by atoms with Gasteiger partial charge in [0.25, 0.3) is 11.5 Å². The number of hydrogen-bond donors (Lipinski definition) is 1. The number of aromatic nitrogens is 2. The van der Waals surface area contributed by atoms with Crippen LogP contribution < -0.4 is 10.9 Å². The van der Waals surface area contributed by atoms with Gasteiger partial charge in [0, 0.05) is 18.2 Å². The van der Waals surface area contributed by atoms with Crippen LogP contribution in [-0.2, 0) is 11.3 Å². The number of rotatable bonds is 4. The molecule has 27 heavy (non-hydrogen) atoms. The van der Waals surface area contributed by atoms with Gasteiger partial charge in [-0.1, -0.05) is 18.2 Å². The predicted octanol–water partition coefficient (Wildman–Crippen LogP) is 3.14. The second-order valence-corrected chi connectivity index (χ2v) is 6.81. The summed E-state index contributed by atoms with van der Waals surface area (Å²) in [4.78, 5) is 30.1. The fourth-order valence-electron chi connectivity index (χ4n) is 3.41. The molecule has 1 N–H and O–H groups in total. The van der Waals surface area contributed by atoms with Gasteiger partial charge < -0.3 is 14.6 Å². The van der Waals surface area contributed by atoms with E-state index in [9.17, 15) is 9.59 Å². The summed E-state index contributed by atoms with van der Waals surface area (Å²) in [6.07, 6.45) is 3.70. The van der Waals surface area contributed by atoms with Gasteiger partial charge in [-0.25, -0.2) is 4.98 Å². The Morgan fingerprint density at radius 3 is 2.93 bits per heavy atom. The van der Waals surface area contributed by atoms with Crippen LogP contribution in [0.1, 0.15) is 28.8 Å². The van der Waals surface area contributed by atoms with E-state index in [1.807, 2.05) is 30.3 Å². The first kappa shape index (κ1) is 17.4. The Morgan fingerprint density at radius 1 is 1.26 bits per heavy atom. The summed E-state index contributed by atoms with van der Waals surface area (Å²) in [6.45, 7) is 2.96. The predicted molar refractivity (Wildman–Crippen MR) is 104 cm³/mol. The molecule has 138 valence electrons. The largest absolute Gasteiger partial charge is 0.376 e. The van der Waals surface area contributed by atoms with E-state index in [1.54, 1.807) is 29.8 Å². The molecular weight excluding hydrogens is 342 g/mol. The topological polar surface area (TPSA) is 73.2 Å². The third-order valence-corrected chi connectivity index (χ3v) is 4.86. The maximum Gasteiger partial charge on any atom is 0.263 e. The van der Waals surface area contributed by atoms with E-state index in [1.165, 1.54) is 0 Å². The van der Waals surface area contributed by atoms with Crippen molar-refractivity contribution in [2.45, 2.75) is 32.4 Å². The van der Waals surface area contributed by atoms with Crippen LogP contribution in [0.2, 0.25) is 0 Å². The fourth-order valence-corrected chi connectivity index (χ4v) is 3.41. The highest BCUT2D eigenvalue weighted by Gasteiger charge is 2.20. The van der Waals surface area contributed by atoms with Crippen LogP contribution in [0.5, 0.6) is 0 Å². The van der Waals surface area contributed by atoms with E-state index in [-0.39, 0.29) is 17.2 Å². The zero-order valence-corrected chi connectivity index (χ0v) is 15.1. The highest BCUT2D eigenvalue weighted by atomic mass is 16.5. The van der Waals surface area contributed by atoms with Crippen LogP contribution in [0.15, 0.2) is 53.5 Å². The van der Waals surface area contributed by atoms with Crippen molar-refractivity contribution in [3.8, 4) is 0 Å². The number of anilines is 1. The molecule has 0 bridgehead atoms. The Hall–Kier alpha value is -2.99. The summed E-state index contributed by atoms with van der Waals surface area (Å²) in [5.74, 6) is -0.0194. The lowest BCUT2D eigenvalue weighted by Crippen LogP contribution is -2.33. The first-order chi connectivity index (χ1) is 13.1. The van der Waals surface area contributed by atoms with Crippen LogP contribution in [0.3, 0.4) is 0 Å². The number of benzene rings is 1. The van der Waals surface area contributed by atoms with Crippen molar-refractivity contribution in [2.75, 3.05) is 11.9 Å². The summed E-state index contributed by atoms with van der Waals surface area (Å²) in [7, 11) is 0. The first-order valence-electron chi connectivity index (χ1n) is 9.10. The second kappa shape index (κ2) is 7.32. The third kappa shape index (κ3) is 3.61. The van der Waals surface area contributed by atoms with Gasteiger partial charge in [-0.3, -0.25) is 9.59 Å². The van der Waals surface area contributed by atoms with Gasteiger partial charge in [0.2, 0.25) is 0 Å². The van der Waals surface area contributed by atoms with Gasteiger partial charge in [-0.2, -0.15) is 0 Å². The summed E-state index contributed by atoms with van der Waals surface area (Å²) in [5, 5.41) is 3.75. The smallest absolute Gasteiger partial charge is 0.263 e. The number of aryl methyl sites for hydroxylation is 1. The van der Waals surface area contributed by atoms with E-state index in [0.29, 0.717) is 17.9 Å². The highest BCUT2D eigenvalue weighted by Crippen LogP contribution is 2.16. The Labute approximate surface area is 156 Å². The zero-order valence-electron chi connectivity index (χ0n) is 15.1. The number of fused-ring (bicyclic) bond motifs is 1. The lowest BCUT2D eigenvalue weighted by molar-refractivity contribution is 0.0952. The molecule has 1 aromatic carbocycles. The number of pyridine rings is 2. The third-order valence-electron chi connectivity index (χ3n) is 4.86. The summed E-state index contributed by atoms with van der Waals surface area (Å²) >= 11 is 0. The second-order valence-electron chi connectivity index (χ2n) is 6.81. The molecule has 2 aromatic heterocycles. The molecule has 3 heterocycles. The van der Waals surface area contributed by atoms with Crippen LogP contribution >= 0.6 is 0 Å². The Morgan fingerprint density at radius 2 is 2.11 bits per heavy atom. The molecule has 1 unspecified atom stereocenters. The van der Waals surface area contributed by atoms with E-state index in [2.05, 4.69) is 10.3 Å². The van der Waals surface area contributed by atoms with Gasteiger partial charge >= 0.3 is 0 Å². The van der Waals surface area contributed by atoms with Gasteiger partial charge in [0.15, 0.2) is 0 Å². The zero-order chi connectivity index (χ0) is 18.8. The SMILES string of the molecule is Cc1ccn(CC2CCCO2)c(=O)c1C(=O)Nc1ccc2ccccc2n1.